The molecule has 0 fully saturated rings. The molecule has 0 spiro atoms. The molecular weight excluding hydrogens is 171 g/mol. The van der Waals surface area contributed by atoms with E-state index in [2.05, 4.69) is 0 Å². The number of aliphatic carboxylic acids is 1. The summed E-state index contributed by atoms with van der Waals surface area (Å²) in [6.07, 6.45) is 0. The van der Waals surface area contributed by atoms with Gasteiger partial charge in [-0.25, -0.2) is 4.79 Å². The monoisotopic (exact) mass is 174 g/mol. The minimum absolute atomic E-state index is 2.59. The normalized spacial score (nSPS) is 13.1. The summed E-state index contributed by atoms with van der Waals surface area (Å²) in [5.74, 6) is -2.59. The van der Waals surface area contributed by atoms with Crippen LogP contribution in [-0.4, -0.2) is 34.8 Å². The first-order valence-corrected chi connectivity index (χ1v) is 3.20. The summed E-state index contributed by atoms with van der Waals surface area (Å²) >= 11 is 0. The van der Waals surface area contributed by atoms with Crippen LogP contribution in [-0.2, 0) is 15.0 Å². The zero-order chi connectivity index (χ0) is 8.58. The Morgan fingerprint density at radius 1 is 1.40 bits per heavy atom. The van der Waals surface area contributed by atoms with E-state index in [9.17, 15) is 17.1 Å². The summed E-state index contributed by atoms with van der Waals surface area (Å²) in [6, 6.07) is 0. The highest BCUT2D eigenvalue weighted by Gasteiger charge is 2.49. The predicted octanol–water partition coefficient (Wildman–Crippen LogP) is -1.99. The van der Waals surface area contributed by atoms with Crippen molar-refractivity contribution in [2.45, 2.75) is 5.12 Å². The van der Waals surface area contributed by atoms with E-state index in [0.29, 0.717) is 0 Å². The van der Waals surface area contributed by atoms with Gasteiger partial charge in [-0.3, -0.25) is 0 Å². The Labute approximate surface area is 54.7 Å². The summed E-state index contributed by atoms with van der Waals surface area (Å²) in [5.41, 5.74) is 0. The van der Waals surface area contributed by atoms with E-state index >= 15 is 0 Å². The molecule has 0 aromatic heterocycles. The van der Waals surface area contributed by atoms with Crippen molar-refractivity contribution in [2.75, 3.05) is 0 Å². The fourth-order valence-electron chi connectivity index (χ4n) is 0.104. The van der Waals surface area contributed by atoms with Gasteiger partial charge in [-0.1, -0.05) is 3.89 Å². The molecule has 0 saturated heterocycles. The van der Waals surface area contributed by atoms with Crippen molar-refractivity contribution in [2.24, 2.45) is 0 Å². The molecule has 60 valence electrons. The Morgan fingerprint density at radius 2 is 1.70 bits per heavy atom. The second kappa shape index (κ2) is 2.15. The number of hydrogen-bond donors (Lipinski definition) is 3. The molecular formula is C2H3FO6S. The van der Waals surface area contributed by atoms with Gasteiger partial charge in [0.2, 0.25) is 0 Å². The number of carboxylic acid groups (broad SMARTS) is 1. The van der Waals surface area contributed by atoms with Gasteiger partial charge in [-0.2, -0.15) is 8.42 Å². The van der Waals surface area contributed by atoms with E-state index in [1.165, 1.54) is 0 Å². The Kier molecular flexibility index (Phi) is 1.99. The molecule has 3 N–H and O–H groups in total. The van der Waals surface area contributed by atoms with E-state index in [4.69, 9.17) is 15.3 Å². The molecule has 0 bridgehead atoms. The van der Waals surface area contributed by atoms with Gasteiger partial charge in [0.1, 0.15) is 0 Å². The Hall–Kier alpha value is -0.730. The molecule has 0 aliphatic rings. The molecule has 0 aliphatic carbocycles. The van der Waals surface area contributed by atoms with Crippen molar-refractivity contribution in [3.8, 4) is 0 Å². The molecule has 0 heterocycles. The number of carbonyl (C=O) groups is 1. The smallest absolute Gasteiger partial charge is 0.400 e. The lowest BCUT2D eigenvalue weighted by atomic mass is 10.7. The maximum atomic E-state index is 11.5. The zero-order valence-corrected chi connectivity index (χ0v) is 5.17. The number of halogens is 1. The Balaban J connectivity index is 4.95. The highest BCUT2D eigenvalue weighted by molar-refractivity contribution is 7.88. The number of rotatable bonds is 2. The van der Waals surface area contributed by atoms with Crippen LogP contribution in [0.2, 0.25) is 0 Å². The lowest BCUT2D eigenvalue weighted by molar-refractivity contribution is -0.177. The average Bonchev–Trinajstić information content (AvgIpc) is 1.62. The fourth-order valence-corrected chi connectivity index (χ4v) is 0.313. The van der Waals surface area contributed by atoms with E-state index in [1.54, 1.807) is 0 Å². The topological polar surface area (TPSA) is 112 Å². The van der Waals surface area contributed by atoms with Gasteiger partial charge in [0.05, 0.1) is 0 Å². The molecule has 0 radical (unpaired) electrons. The van der Waals surface area contributed by atoms with Crippen molar-refractivity contribution >= 4 is 16.2 Å². The second-order valence-corrected chi connectivity index (χ2v) is 2.80. The van der Waals surface area contributed by atoms with Gasteiger partial charge in [-0.05, 0) is 0 Å². The van der Waals surface area contributed by atoms with E-state index < -0.39 is 21.3 Å². The standard InChI is InChI=1S/C2H3FO6S/c3-10(8,9)2(6,7)1(4)5/h6-7H,(H,4,5). The van der Waals surface area contributed by atoms with Gasteiger partial charge in [0, 0.05) is 0 Å². The van der Waals surface area contributed by atoms with Gasteiger partial charge < -0.3 is 15.3 Å². The third-order valence-electron chi connectivity index (χ3n) is 0.619. The molecule has 0 saturated carbocycles. The van der Waals surface area contributed by atoms with Gasteiger partial charge in [0.15, 0.2) is 0 Å². The Bertz CT molecular complexity index is 238. The maximum absolute atomic E-state index is 11.5. The molecule has 0 aromatic carbocycles. The predicted molar refractivity (Wildman–Crippen MR) is 24.8 cm³/mol. The van der Waals surface area contributed by atoms with E-state index in [-0.39, 0.29) is 0 Å². The van der Waals surface area contributed by atoms with Crippen molar-refractivity contribution in [3.05, 3.63) is 0 Å². The zero-order valence-electron chi connectivity index (χ0n) is 4.35. The molecule has 0 atom stereocenters. The number of hydrogen-bond acceptors (Lipinski definition) is 5. The van der Waals surface area contributed by atoms with Crippen LogP contribution in [0.25, 0.3) is 0 Å². The first-order valence-electron chi connectivity index (χ1n) is 1.82. The second-order valence-electron chi connectivity index (χ2n) is 1.35. The SMILES string of the molecule is O=C(O)C(O)(O)S(=O)(=O)F. The van der Waals surface area contributed by atoms with Crippen molar-refractivity contribution in [1.29, 1.82) is 0 Å². The molecule has 0 aliphatic heterocycles. The van der Waals surface area contributed by atoms with Crippen molar-refractivity contribution < 1.29 is 32.4 Å². The summed E-state index contributed by atoms with van der Waals surface area (Å²) in [5, 5.41) is 19.2. The first kappa shape index (κ1) is 9.27. The minimum Gasteiger partial charge on any atom is -0.476 e. The van der Waals surface area contributed by atoms with Crippen molar-refractivity contribution in [1.82, 2.24) is 0 Å². The number of carboxylic acids is 1. The van der Waals surface area contributed by atoms with Crippen LogP contribution in [0.3, 0.4) is 0 Å². The average molecular weight is 174 g/mol. The van der Waals surface area contributed by atoms with Crippen LogP contribution in [0, 0.1) is 0 Å². The van der Waals surface area contributed by atoms with Gasteiger partial charge in [-0.15, -0.1) is 0 Å². The van der Waals surface area contributed by atoms with Crippen LogP contribution in [0.15, 0.2) is 0 Å². The maximum Gasteiger partial charge on any atom is 0.400 e. The lowest BCUT2D eigenvalue weighted by Gasteiger charge is -2.08. The quantitative estimate of drug-likeness (QED) is 0.330. The molecule has 10 heavy (non-hydrogen) atoms. The van der Waals surface area contributed by atoms with Crippen LogP contribution in [0.1, 0.15) is 0 Å². The molecule has 0 amide bonds. The molecule has 0 unspecified atom stereocenters. The third-order valence-corrected chi connectivity index (χ3v) is 1.47. The van der Waals surface area contributed by atoms with E-state index in [1.807, 2.05) is 0 Å². The van der Waals surface area contributed by atoms with Crippen LogP contribution < -0.4 is 0 Å². The largest absolute Gasteiger partial charge is 0.476 e. The fraction of sp³-hybridized carbons (Fsp3) is 0.500. The van der Waals surface area contributed by atoms with Crippen LogP contribution >= 0.6 is 0 Å². The molecule has 0 rings (SSSR count). The highest BCUT2D eigenvalue weighted by Crippen LogP contribution is 2.11. The molecule has 6 nitrogen and oxygen atoms in total. The minimum atomic E-state index is -5.89. The lowest BCUT2D eigenvalue weighted by Crippen LogP contribution is -2.44. The van der Waals surface area contributed by atoms with Crippen LogP contribution in [0.4, 0.5) is 3.89 Å². The summed E-state index contributed by atoms with van der Waals surface area (Å²) in [4.78, 5) is 9.55. The number of aliphatic hydroxyl groups is 2. The highest BCUT2D eigenvalue weighted by atomic mass is 32.3. The van der Waals surface area contributed by atoms with Crippen molar-refractivity contribution in [3.63, 3.8) is 0 Å². The van der Waals surface area contributed by atoms with Crippen LogP contribution in [0.5, 0.6) is 0 Å². The summed E-state index contributed by atoms with van der Waals surface area (Å²) in [6.45, 7) is 0. The van der Waals surface area contributed by atoms with Gasteiger partial charge >= 0.3 is 21.3 Å². The molecule has 0 aromatic rings. The molecule has 8 heteroatoms. The summed E-state index contributed by atoms with van der Waals surface area (Å²) in [7, 11) is -5.89. The Morgan fingerprint density at radius 3 is 1.70 bits per heavy atom. The summed E-state index contributed by atoms with van der Waals surface area (Å²) < 4.78 is 30.6. The third kappa shape index (κ3) is 1.40. The van der Waals surface area contributed by atoms with Gasteiger partial charge in [0.25, 0.3) is 0 Å². The van der Waals surface area contributed by atoms with E-state index in [0.717, 1.165) is 0 Å². The first-order chi connectivity index (χ1) is 4.19.